The number of rotatable bonds is 21. The highest BCUT2D eigenvalue weighted by Crippen LogP contribution is 2.37. The Bertz CT molecular complexity index is 2780. The van der Waals surface area contributed by atoms with Gasteiger partial charge in [0.05, 0.1) is 0 Å². The number of benzene rings is 3. The van der Waals surface area contributed by atoms with E-state index >= 15 is 0 Å². The summed E-state index contributed by atoms with van der Waals surface area (Å²) < 4.78 is 181. The van der Waals surface area contributed by atoms with Gasteiger partial charge in [-0.15, -0.1) is 0 Å². The number of alkyl halides is 12. The van der Waals surface area contributed by atoms with Gasteiger partial charge in [-0.1, -0.05) is 35.9 Å². The number of aromatic nitrogens is 9. The molecule has 18 nitrogen and oxygen atoms in total. The van der Waals surface area contributed by atoms with Crippen molar-refractivity contribution < 1.29 is 71.3 Å². The van der Waals surface area contributed by atoms with Crippen molar-refractivity contribution in [2.45, 2.75) is 105 Å². The molecule has 0 bridgehead atoms. The smallest absolute Gasteiger partial charge is 0.434 e. The molecule has 0 saturated heterocycles. The highest BCUT2D eigenvalue weighted by atomic mass is 35.5. The number of aryl methyl sites for hydroxylation is 1. The second-order valence-electron chi connectivity index (χ2n) is 16.7. The number of nitrogens with one attached hydrogen (secondary N) is 3. The molecule has 6 rings (SSSR count). The molecule has 0 aliphatic rings. The molecule has 81 heavy (non-hydrogen) atoms. The van der Waals surface area contributed by atoms with E-state index in [0.717, 1.165) is 19.4 Å². The van der Waals surface area contributed by atoms with Gasteiger partial charge in [0, 0.05) is 61.4 Å². The minimum absolute atomic E-state index is 0.0446. The van der Waals surface area contributed by atoms with Crippen LogP contribution in [0, 0.1) is 12.7 Å². The van der Waals surface area contributed by atoms with Gasteiger partial charge in [0.1, 0.15) is 5.82 Å². The zero-order valence-corrected chi connectivity index (χ0v) is 45.5. The number of nitrogens with zero attached hydrogens (tertiary/aromatic N) is 12. The SMILES string of the molecule is CCN(CC)c1nc(Nc2cccc(C)c2)nc(OC(C(F)(F)F)C(F)(F)F)n1.CCN(CC)c1nc(Nc2cccc(Cl)c2)nc(OC(C)C(F)(F)F)n1.CCN(CC)c1nc(Nc2cccc(F)c2)nc(OC(C)C(F)(F)F)n1. The number of ether oxygens (including phenoxy) is 3. The van der Waals surface area contributed by atoms with Crippen LogP contribution in [0.3, 0.4) is 0 Å². The fourth-order valence-corrected chi connectivity index (χ4v) is 6.61. The Morgan fingerprint density at radius 3 is 1.10 bits per heavy atom. The van der Waals surface area contributed by atoms with Gasteiger partial charge in [-0.25, -0.2) is 4.39 Å². The minimum atomic E-state index is -5.69. The predicted molar refractivity (Wildman–Crippen MR) is 278 cm³/mol. The lowest BCUT2D eigenvalue weighted by Crippen LogP contribution is -2.47. The van der Waals surface area contributed by atoms with Gasteiger partial charge in [-0.05, 0) is 116 Å². The van der Waals surface area contributed by atoms with Gasteiger partial charge in [-0.2, -0.15) is 97.5 Å². The summed E-state index contributed by atoms with van der Waals surface area (Å²) in [6.45, 7) is 17.5. The van der Waals surface area contributed by atoms with Gasteiger partial charge in [0.25, 0.3) is 6.10 Å². The van der Waals surface area contributed by atoms with Crippen molar-refractivity contribution >= 4 is 64.4 Å². The summed E-state index contributed by atoms with van der Waals surface area (Å²) in [4.78, 5) is 40.5. The topological polar surface area (TPSA) is 190 Å². The lowest BCUT2D eigenvalue weighted by atomic mass is 10.2. The monoisotopic (exact) mass is 1190 g/mol. The summed E-state index contributed by atoms with van der Waals surface area (Å²) in [6.07, 6.45) is -28.7. The third kappa shape index (κ3) is 21.0. The van der Waals surface area contributed by atoms with Gasteiger partial charge >= 0.3 is 42.7 Å². The van der Waals surface area contributed by atoms with Gasteiger partial charge < -0.3 is 44.9 Å². The lowest BCUT2D eigenvalue weighted by molar-refractivity contribution is -0.301. The molecule has 0 saturated carbocycles. The molecule has 3 heterocycles. The second kappa shape index (κ2) is 29.1. The zero-order chi connectivity index (χ0) is 60.5. The van der Waals surface area contributed by atoms with Crippen molar-refractivity contribution in [3.05, 3.63) is 89.2 Å². The van der Waals surface area contributed by atoms with E-state index < -0.39 is 66.9 Å². The van der Waals surface area contributed by atoms with Crippen molar-refractivity contribution in [3.63, 3.8) is 0 Å². The van der Waals surface area contributed by atoms with Crippen molar-refractivity contribution in [3.8, 4) is 18.0 Å². The number of hydrogen-bond acceptors (Lipinski definition) is 18. The number of hydrogen-bond donors (Lipinski definition) is 3. The van der Waals surface area contributed by atoms with E-state index in [1.807, 2.05) is 40.7 Å². The molecular formula is C49H57ClF13N15O3. The van der Waals surface area contributed by atoms with E-state index in [4.69, 9.17) is 21.1 Å². The van der Waals surface area contributed by atoms with Crippen molar-refractivity contribution in [1.82, 2.24) is 44.9 Å². The standard InChI is InChI=1S/C17H19F6N5O.C16H19ClF3N5O.C16H19F4N5O/c1-4-28(5-2)14-25-13(24-11-8-6-7-10(3)9-11)26-15(27-14)29-12(16(18,19)20)17(21,22)23;2*1-4-25(5-2)14-22-13(21-12-8-6-7-11(17)9-12)23-15(24-14)26-10(3)16(18,19)20/h6-9,12H,4-5H2,1-3H3,(H,24,25,26,27);2*6-10H,4-5H2,1-3H3,(H,21,22,23,24). The Morgan fingerprint density at radius 2 is 0.778 bits per heavy atom. The fourth-order valence-electron chi connectivity index (χ4n) is 6.42. The molecule has 3 aromatic carbocycles. The van der Waals surface area contributed by atoms with E-state index in [1.54, 1.807) is 72.2 Å². The first-order valence-corrected chi connectivity index (χ1v) is 25.0. The molecule has 2 unspecified atom stereocenters. The maximum absolute atomic E-state index is 13.3. The molecule has 0 aliphatic heterocycles. The quantitative estimate of drug-likeness (QED) is 0.0576. The first kappa shape index (κ1) is 65.8. The summed E-state index contributed by atoms with van der Waals surface area (Å²) in [5.41, 5.74) is 2.30. The molecule has 3 aromatic heterocycles. The van der Waals surface area contributed by atoms with E-state index in [1.165, 1.54) is 23.1 Å². The van der Waals surface area contributed by atoms with Crippen LogP contribution in [0.15, 0.2) is 72.8 Å². The van der Waals surface area contributed by atoms with Crippen LogP contribution in [0.4, 0.5) is 110 Å². The van der Waals surface area contributed by atoms with Crippen LogP contribution in [0.2, 0.25) is 5.02 Å². The first-order valence-electron chi connectivity index (χ1n) is 24.6. The molecular weight excluding hydrogens is 1130 g/mol. The first-order chi connectivity index (χ1) is 37.9. The third-order valence-electron chi connectivity index (χ3n) is 10.7. The van der Waals surface area contributed by atoms with Crippen LogP contribution in [-0.2, 0) is 0 Å². The van der Waals surface area contributed by atoms with Crippen LogP contribution >= 0.6 is 11.6 Å². The van der Waals surface area contributed by atoms with E-state index in [0.29, 0.717) is 61.4 Å². The lowest BCUT2D eigenvalue weighted by Gasteiger charge is -2.24. The van der Waals surface area contributed by atoms with Crippen LogP contribution < -0.4 is 44.9 Å². The Hall–Kier alpha value is -7.73. The minimum Gasteiger partial charge on any atom is -0.451 e. The Labute approximate surface area is 461 Å². The molecule has 0 aliphatic carbocycles. The normalized spacial score (nSPS) is 12.4. The Kier molecular flexibility index (Phi) is 23.7. The van der Waals surface area contributed by atoms with E-state index in [-0.39, 0.29) is 35.7 Å². The average Bonchev–Trinajstić information content (AvgIpc) is 3.43. The second-order valence-corrected chi connectivity index (χ2v) is 17.1. The van der Waals surface area contributed by atoms with Crippen molar-refractivity contribution in [2.24, 2.45) is 0 Å². The van der Waals surface area contributed by atoms with Crippen LogP contribution in [0.1, 0.15) is 61.0 Å². The summed E-state index contributed by atoms with van der Waals surface area (Å²) in [5.74, 6) is -0.434. The highest BCUT2D eigenvalue weighted by molar-refractivity contribution is 6.30. The number of halogens is 14. The summed E-state index contributed by atoms with van der Waals surface area (Å²) in [7, 11) is 0. The van der Waals surface area contributed by atoms with Gasteiger partial charge in [0.15, 0.2) is 12.2 Å². The highest BCUT2D eigenvalue weighted by Gasteiger charge is 2.59. The van der Waals surface area contributed by atoms with E-state index in [2.05, 4.69) is 65.5 Å². The van der Waals surface area contributed by atoms with Gasteiger partial charge in [0.2, 0.25) is 35.7 Å². The Balaban J connectivity index is 0.000000262. The fraction of sp³-hybridized carbons (Fsp3) is 0.449. The van der Waals surface area contributed by atoms with Crippen molar-refractivity contribution in [1.29, 1.82) is 0 Å². The molecule has 444 valence electrons. The van der Waals surface area contributed by atoms with Crippen LogP contribution in [0.5, 0.6) is 18.0 Å². The molecule has 3 N–H and O–H groups in total. The summed E-state index contributed by atoms with van der Waals surface area (Å²) >= 11 is 5.94. The molecule has 0 amide bonds. The largest absolute Gasteiger partial charge is 0.451 e. The summed E-state index contributed by atoms with van der Waals surface area (Å²) in [6, 6.07) is 17.2. The average molecular weight is 1190 g/mol. The molecule has 0 spiro atoms. The Morgan fingerprint density at radius 1 is 0.444 bits per heavy atom. The van der Waals surface area contributed by atoms with Gasteiger partial charge in [-0.3, -0.25) is 0 Å². The molecule has 6 aromatic rings. The molecule has 0 fully saturated rings. The van der Waals surface area contributed by atoms with Crippen LogP contribution in [0.25, 0.3) is 0 Å². The molecule has 2 atom stereocenters. The van der Waals surface area contributed by atoms with E-state index in [9.17, 15) is 57.1 Å². The number of anilines is 9. The summed E-state index contributed by atoms with van der Waals surface area (Å²) in [5, 5.41) is 8.90. The molecule has 32 heteroatoms. The van der Waals surface area contributed by atoms with Crippen LogP contribution in [-0.4, -0.2) is 127 Å². The maximum Gasteiger partial charge on any atom is 0.434 e. The predicted octanol–water partition coefficient (Wildman–Crippen LogP) is 13.0. The third-order valence-corrected chi connectivity index (χ3v) is 10.9. The zero-order valence-electron chi connectivity index (χ0n) is 44.8. The van der Waals surface area contributed by atoms with Crippen molar-refractivity contribution in [2.75, 3.05) is 69.9 Å². The maximum atomic E-state index is 13.3. The molecule has 0 radical (unpaired) electrons.